The maximum absolute atomic E-state index is 11.9. The molecule has 0 radical (unpaired) electrons. The summed E-state index contributed by atoms with van der Waals surface area (Å²) >= 11 is 0. The number of ether oxygens (including phenoxy) is 7. The predicted molar refractivity (Wildman–Crippen MR) is 133 cm³/mol. The Morgan fingerprint density at radius 1 is 0.533 bits per heavy atom. The monoisotopic (exact) mass is 664 g/mol. The molecule has 0 aromatic carbocycles. The quantitative estimate of drug-likeness (QED) is 0.109. The number of carboxylic acid groups (broad SMARTS) is 1. The van der Waals surface area contributed by atoms with Crippen LogP contribution in [0.25, 0.3) is 0 Å². The highest BCUT2D eigenvalue weighted by molar-refractivity contribution is 5.73. The first-order chi connectivity index (χ1) is 21.1. The fourth-order valence-corrected chi connectivity index (χ4v) is 5.48. The smallest absolute Gasteiger partial charge is 0.335 e. The molecule has 0 spiro atoms. The zero-order valence-corrected chi connectivity index (χ0v) is 23.5. The van der Waals surface area contributed by atoms with E-state index in [1.54, 1.807) is 0 Å². The summed E-state index contributed by atoms with van der Waals surface area (Å²) in [5.41, 5.74) is 0. The van der Waals surface area contributed by atoms with Crippen molar-refractivity contribution in [3.63, 3.8) is 0 Å². The van der Waals surface area contributed by atoms with Gasteiger partial charge in [-0.05, 0) is 6.92 Å². The highest BCUT2D eigenvalue weighted by Gasteiger charge is 2.56. The number of aliphatic hydroxyl groups excluding tert-OH is 12. The average molecular weight is 665 g/mol. The summed E-state index contributed by atoms with van der Waals surface area (Å²) in [5.74, 6) is -1.78. The number of carbonyl (C=O) groups is 1. The third-order valence-electron chi connectivity index (χ3n) is 8.13. The zero-order valence-electron chi connectivity index (χ0n) is 23.5. The molecule has 0 amide bonds. The Kier molecular flexibility index (Phi) is 12.1. The summed E-state index contributed by atoms with van der Waals surface area (Å²) in [6, 6.07) is 0. The van der Waals surface area contributed by atoms with Gasteiger partial charge in [0.15, 0.2) is 31.3 Å². The minimum absolute atomic E-state index is 0.850. The lowest BCUT2D eigenvalue weighted by Gasteiger charge is -2.49. The standard InChI is InChI=1S/C24H40O21/c1-4-16(11(31)12(32)21(38)39-4)42-23-15(35)17(14(34)18(44-23)20(36)37)43-24-19(10(30)8(28)6(3-26)41-24)45-22-13(33)9(29)7(27)5(2-25)40-22/h4-19,21-35,38H,2-3H2,1H3,(H,36,37). The van der Waals surface area contributed by atoms with Gasteiger partial charge in [0.05, 0.1) is 19.3 Å². The third kappa shape index (κ3) is 7.26. The van der Waals surface area contributed by atoms with Crippen LogP contribution < -0.4 is 0 Å². The molecular formula is C24H40O21. The topological polar surface area (TPSA) is 345 Å². The van der Waals surface area contributed by atoms with Crippen molar-refractivity contribution in [3.8, 4) is 0 Å². The summed E-state index contributed by atoms with van der Waals surface area (Å²) in [5, 5.41) is 133. The number of aliphatic carboxylic acids is 1. The van der Waals surface area contributed by atoms with Crippen LogP contribution in [-0.2, 0) is 38.0 Å². The molecule has 13 N–H and O–H groups in total. The molecule has 21 nitrogen and oxygen atoms in total. The summed E-state index contributed by atoms with van der Waals surface area (Å²) < 4.78 is 37.7. The van der Waals surface area contributed by atoms with Crippen LogP contribution in [0.2, 0.25) is 0 Å². The highest BCUT2D eigenvalue weighted by atomic mass is 16.8. The first-order valence-corrected chi connectivity index (χ1v) is 14.0. The molecule has 0 aromatic heterocycles. The number of hydrogen-bond acceptors (Lipinski definition) is 20. The predicted octanol–water partition coefficient (Wildman–Crippen LogP) is -8.63. The van der Waals surface area contributed by atoms with Gasteiger partial charge in [0.2, 0.25) is 0 Å². The molecule has 4 fully saturated rings. The molecule has 21 heteroatoms. The van der Waals surface area contributed by atoms with Crippen LogP contribution in [0.3, 0.4) is 0 Å². The van der Waals surface area contributed by atoms with Gasteiger partial charge in [0.1, 0.15) is 85.5 Å². The van der Waals surface area contributed by atoms with Crippen LogP contribution in [0.5, 0.6) is 0 Å². The minimum atomic E-state index is -2.21. The lowest BCUT2D eigenvalue weighted by Crippen LogP contribution is -2.68. The van der Waals surface area contributed by atoms with Gasteiger partial charge in [-0.3, -0.25) is 0 Å². The molecule has 0 saturated carbocycles. The van der Waals surface area contributed by atoms with E-state index in [1.165, 1.54) is 6.92 Å². The van der Waals surface area contributed by atoms with Gasteiger partial charge >= 0.3 is 5.97 Å². The van der Waals surface area contributed by atoms with E-state index in [0.717, 1.165) is 0 Å². The fourth-order valence-electron chi connectivity index (χ4n) is 5.48. The van der Waals surface area contributed by atoms with E-state index in [9.17, 15) is 71.2 Å². The Bertz CT molecular complexity index is 973. The van der Waals surface area contributed by atoms with Crippen molar-refractivity contribution in [2.24, 2.45) is 0 Å². The molecule has 0 bridgehead atoms. The van der Waals surface area contributed by atoms with Gasteiger partial charge in [-0.25, -0.2) is 4.79 Å². The van der Waals surface area contributed by atoms with E-state index in [0.29, 0.717) is 0 Å². The number of hydrogen-bond donors (Lipinski definition) is 13. The van der Waals surface area contributed by atoms with Crippen LogP contribution >= 0.6 is 0 Å². The number of aliphatic hydroxyl groups is 12. The number of rotatable bonds is 9. The molecule has 262 valence electrons. The highest BCUT2D eigenvalue weighted by Crippen LogP contribution is 2.34. The normalized spacial score (nSPS) is 52.8. The summed E-state index contributed by atoms with van der Waals surface area (Å²) in [4.78, 5) is 11.9. The fraction of sp³-hybridized carbons (Fsp3) is 0.958. The first-order valence-electron chi connectivity index (χ1n) is 14.0. The van der Waals surface area contributed by atoms with Gasteiger partial charge in [-0.2, -0.15) is 0 Å². The molecule has 4 saturated heterocycles. The minimum Gasteiger partial charge on any atom is -0.479 e. The molecule has 0 aromatic rings. The second kappa shape index (κ2) is 14.9. The van der Waals surface area contributed by atoms with Crippen LogP contribution in [-0.4, -0.2) is 208 Å². The molecule has 4 heterocycles. The van der Waals surface area contributed by atoms with Crippen LogP contribution in [0.1, 0.15) is 6.92 Å². The van der Waals surface area contributed by atoms with Crippen molar-refractivity contribution >= 4 is 5.97 Å². The SMILES string of the molecule is CC1OC(O)C(O)C(O)C1OC1OC(C(=O)O)C(O)C(OC2OC(CO)C(O)C(O)C2OC2OC(CO)C(O)C(O)C2O)C1O. The molecule has 4 rings (SSSR count). The van der Waals surface area contributed by atoms with Gasteiger partial charge in [-0.1, -0.05) is 0 Å². The summed E-state index contributed by atoms with van der Waals surface area (Å²) in [6.45, 7) is -0.454. The summed E-state index contributed by atoms with van der Waals surface area (Å²) in [7, 11) is 0. The zero-order chi connectivity index (χ0) is 33.5. The lowest BCUT2D eigenvalue weighted by atomic mass is 9.95. The summed E-state index contributed by atoms with van der Waals surface area (Å²) in [6.07, 6.45) is -37.3. The van der Waals surface area contributed by atoms with Crippen molar-refractivity contribution in [2.75, 3.05) is 13.2 Å². The number of carboxylic acids is 1. The Labute approximate surface area is 253 Å². The van der Waals surface area contributed by atoms with E-state index in [4.69, 9.17) is 33.2 Å². The van der Waals surface area contributed by atoms with Gasteiger partial charge < -0.3 is 99.5 Å². The largest absolute Gasteiger partial charge is 0.479 e. The maximum atomic E-state index is 11.9. The molecule has 20 atom stereocenters. The van der Waals surface area contributed by atoms with Crippen LogP contribution in [0.4, 0.5) is 0 Å². The van der Waals surface area contributed by atoms with Crippen molar-refractivity contribution in [1.82, 2.24) is 0 Å². The first kappa shape index (κ1) is 36.5. The van der Waals surface area contributed by atoms with Gasteiger partial charge in [-0.15, -0.1) is 0 Å². The Balaban J connectivity index is 1.60. The maximum Gasteiger partial charge on any atom is 0.335 e. The Morgan fingerprint density at radius 2 is 1.02 bits per heavy atom. The van der Waals surface area contributed by atoms with Crippen molar-refractivity contribution < 1.29 is 104 Å². The Morgan fingerprint density at radius 3 is 1.60 bits per heavy atom. The second-order valence-corrected chi connectivity index (χ2v) is 11.2. The van der Waals surface area contributed by atoms with Crippen molar-refractivity contribution in [2.45, 2.75) is 130 Å². The molecular weight excluding hydrogens is 624 g/mol. The second-order valence-electron chi connectivity index (χ2n) is 11.2. The van der Waals surface area contributed by atoms with Crippen LogP contribution in [0, 0.1) is 0 Å². The van der Waals surface area contributed by atoms with Gasteiger partial charge in [0, 0.05) is 0 Å². The third-order valence-corrected chi connectivity index (χ3v) is 8.13. The molecule has 4 aliphatic rings. The van der Waals surface area contributed by atoms with Gasteiger partial charge in [0.25, 0.3) is 0 Å². The lowest BCUT2D eigenvalue weighted by molar-refractivity contribution is -0.393. The molecule has 0 aliphatic carbocycles. The van der Waals surface area contributed by atoms with Crippen molar-refractivity contribution in [1.29, 1.82) is 0 Å². The van der Waals surface area contributed by atoms with E-state index >= 15 is 0 Å². The molecule has 45 heavy (non-hydrogen) atoms. The Hall–Kier alpha value is -1.29. The van der Waals surface area contributed by atoms with Crippen LogP contribution in [0.15, 0.2) is 0 Å². The van der Waals surface area contributed by atoms with Crippen molar-refractivity contribution in [3.05, 3.63) is 0 Å². The van der Waals surface area contributed by atoms with E-state index in [-0.39, 0.29) is 0 Å². The molecule has 4 aliphatic heterocycles. The average Bonchev–Trinajstić information content (AvgIpc) is 3.00. The molecule has 20 unspecified atom stereocenters. The van der Waals surface area contributed by atoms with E-state index < -0.39 is 142 Å². The van der Waals surface area contributed by atoms with E-state index in [1.807, 2.05) is 0 Å². The van der Waals surface area contributed by atoms with E-state index in [2.05, 4.69) is 0 Å².